The highest BCUT2D eigenvalue weighted by Gasteiger charge is 2.61. The third kappa shape index (κ3) is 6.10. The number of fused-ring (bicyclic) bond motifs is 3. The zero-order chi connectivity index (χ0) is 27.5. The number of hydrogen-bond donors (Lipinski definition) is 2. The second-order valence-corrected chi connectivity index (χ2v) is 11.2. The molecule has 0 spiro atoms. The van der Waals surface area contributed by atoms with Crippen molar-refractivity contribution in [2.45, 2.75) is 62.1 Å². The Morgan fingerprint density at radius 2 is 1.90 bits per heavy atom. The molecule has 3 aliphatic rings. The molecule has 2 aromatic rings. The fourth-order valence-electron chi connectivity index (χ4n) is 6.73. The number of nitrogens with one attached hydrogen (secondary N) is 1. The Hall–Kier alpha value is -2.62. The van der Waals surface area contributed by atoms with E-state index >= 15 is 0 Å². The Morgan fingerprint density at radius 3 is 2.64 bits per heavy atom. The van der Waals surface area contributed by atoms with Crippen LogP contribution < -0.4 is 10.1 Å². The summed E-state index contributed by atoms with van der Waals surface area (Å²) < 4.78 is 52.3. The molecule has 39 heavy (non-hydrogen) atoms. The van der Waals surface area contributed by atoms with Crippen molar-refractivity contribution in [2.75, 3.05) is 39.4 Å². The topological polar surface area (TPSA) is 71.0 Å². The summed E-state index contributed by atoms with van der Waals surface area (Å²) in [6.07, 6.45) is -3.04. The average Bonchev–Trinajstić information content (AvgIpc) is 2.92. The Kier molecular flexibility index (Phi) is 8.21. The van der Waals surface area contributed by atoms with Gasteiger partial charge in [0.1, 0.15) is 5.75 Å². The number of aliphatic hydroxyl groups is 1. The molecule has 212 valence electrons. The van der Waals surface area contributed by atoms with Crippen molar-refractivity contribution in [1.82, 2.24) is 10.2 Å². The van der Waals surface area contributed by atoms with Gasteiger partial charge in [0.15, 0.2) is 5.60 Å². The van der Waals surface area contributed by atoms with Crippen LogP contribution in [0.15, 0.2) is 48.5 Å². The lowest BCUT2D eigenvalue weighted by Gasteiger charge is -2.53. The van der Waals surface area contributed by atoms with E-state index in [0.29, 0.717) is 31.6 Å². The Labute approximate surface area is 227 Å². The van der Waals surface area contributed by atoms with Gasteiger partial charge in [0, 0.05) is 25.0 Å². The number of benzene rings is 2. The SMILES string of the molecule is O=C(NCCCN1CCOCC1)Oc1ccc2c(c1)CC[C@@H]1C[C@@](O)(C(F)(F)F)CC[C@@]21Cc1ccccc1. The molecule has 1 heterocycles. The summed E-state index contributed by atoms with van der Waals surface area (Å²) in [6.45, 7) is 4.68. The average molecular weight is 547 g/mol. The van der Waals surface area contributed by atoms with E-state index in [1.807, 2.05) is 42.5 Å². The van der Waals surface area contributed by atoms with Gasteiger partial charge < -0.3 is 19.9 Å². The van der Waals surface area contributed by atoms with Crippen LogP contribution in [0.25, 0.3) is 0 Å². The van der Waals surface area contributed by atoms with Crippen molar-refractivity contribution in [1.29, 1.82) is 0 Å². The third-order valence-electron chi connectivity index (χ3n) is 8.85. The molecular formula is C30H37F3N2O4. The number of carbonyl (C=O) groups excluding carboxylic acids is 1. The molecule has 2 fully saturated rings. The number of rotatable bonds is 7. The van der Waals surface area contributed by atoms with Gasteiger partial charge in [-0.25, -0.2) is 4.79 Å². The standard InChI is InChI=1S/C30H37F3N2O4/c31-30(32,33)29(37)12-11-28(20-22-5-2-1-3-6-22)24(21-29)8-7-23-19-25(9-10-26(23)28)39-27(36)34-13-4-14-35-15-17-38-18-16-35/h1-3,5-6,9-10,19,24,37H,4,7-8,11-18,20-21H2,(H,34,36)/t24-,28+,29-/m1/s1. The molecule has 1 amide bonds. The number of ether oxygens (including phenoxy) is 2. The minimum atomic E-state index is -4.65. The lowest BCUT2D eigenvalue weighted by atomic mass is 9.52. The highest BCUT2D eigenvalue weighted by molar-refractivity contribution is 5.70. The predicted molar refractivity (Wildman–Crippen MR) is 141 cm³/mol. The van der Waals surface area contributed by atoms with Crippen molar-refractivity contribution in [3.63, 3.8) is 0 Å². The molecule has 1 saturated carbocycles. The third-order valence-corrected chi connectivity index (χ3v) is 8.85. The fraction of sp³-hybridized carbons (Fsp3) is 0.567. The van der Waals surface area contributed by atoms with Crippen LogP contribution in [-0.4, -0.2) is 67.3 Å². The molecule has 9 heteroatoms. The van der Waals surface area contributed by atoms with Gasteiger partial charge in [-0.15, -0.1) is 0 Å². The molecule has 0 aromatic heterocycles. The van der Waals surface area contributed by atoms with Crippen LogP contribution in [0.5, 0.6) is 5.75 Å². The highest BCUT2D eigenvalue weighted by atomic mass is 19.4. The molecule has 0 unspecified atom stereocenters. The quantitative estimate of drug-likeness (QED) is 0.478. The molecule has 1 aliphatic heterocycles. The van der Waals surface area contributed by atoms with Gasteiger partial charge in [0.25, 0.3) is 0 Å². The summed E-state index contributed by atoms with van der Waals surface area (Å²) in [6, 6.07) is 15.3. The highest BCUT2D eigenvalue weighted by Crippen LogP contribution is 2.57. The monoisotopic (exact) mass is 546 g/mol. The Balaban J connectivity index is 1.29. The van der Waals surface area contributed by atoms with E-state index < -0.39 is 23.3 Å². The number of nitrogens with zero attached hydrogens (tertiary/aromatic N) is 1. The van der Waals surface area contributed by atoms with Crippen LogP contribution in [0.1, 0.15) is 48.8 Å². The number of carbonyl (C=O) groups is 1. The molecule has 5 rings (SSSR count). The van der Waals surface area contributed by atoms with Crippen LogP contribution >= 0.6 is 0 Å². The summed E-state index contributed by atoms with van der Waals surface area (Å²) >= 11 is 0. The van der Waals surface area contributed by atoms with E-state index in [0.717, 1.165) is 56.0 Å². The summed E-state index contributed by atoms with van der Waals surface area (Å²) in [7, 11) is 0. The lowest BCUT2D eigenvalue weighted by Crippen LogP contribution is -2.56. The first-order valence-corrected chi connectivity index (χ1v) is 13.9. The summed E-state index contributed by atoms with van der Waals surface area (Å²) in [5, 5.41) is 13.4. The molecular weight excluding hydrogens is 509 g/mol. The Bertz CT molecular complexity index is 1140. The van der Waals surface area contributed by atoms with Gasteiger partial charge in [-0.3, -0.25) is 4.90 Å². The first-order valence-electron chi connectivity index (χ1n) is 13.9. The maximum Gasteiger partial charge on any atom is 0.417 e. The molecule has 2 aliphatic carbocycles. The number of aryl methyl sites for hydroxylation is 1. The molecule has 6 nitrogen and oxygen atoms in total. The van der Waals surface area contributed by atoms with Crippen LogP contribution in [0.2, 0.25) is 0 Å². The van der Waals surface area contributed by atoms with Crippen molar-refractivity contribution in [2.24, 2.45) is 5.92 Å². The van der Waals surface area contributed by atoms with Gasteiger partial charge in [0.2, 0.25) is 0 Å². The summed E-state index contributed by atoms with van der Waals surface area (Å²) in [5.41, 5.74) is -0.114. The van der Waals surface area contributed by atoms with Gasteiger partial charge >= 0.3 is 12.3 Å². The van der Waals surface area contributed by atoms with E-state index in [1.54, 1.807) is 6.07 Å². The van der Waals surface area contributed by atoms with Crippen LogP contribution in [-0.2, 0) is 23.0 Å². The molecule has 2 aromatic carbocycles. The van der Waals surface area contributed by atoms with Crippen LogP contribution in [0, 0.1) is 5.92 Å². The number of halogens is 3. The number of hydrogen-bond acceptors (Lipinski definition) is 5. The number of amides is 1. The van der Waals surface area contributed by atoms with E-state index in [2.05, 4.69) is 10.2 Å². The zero-order valence-corrected chi connectivity index (χ0v) is 22.1. The minimum absolute atomic E-state index is 0.236. The largest absolute Gasteiger partial charge is 0.417 e. The molecule has 2 N–H and O–H groups in total. The summed E-state index contributed by atoms with van der Waals surface area (Å²) in [4.78, 5) is 14.7. The second kappa shape index (κ2) is 11.5. The van der Waals surface area contributed by atoms with Crippen molar-refractivity contribution >= 4 is 6.09 Å². The van der Waals surface area contributed by atoms with Gasteiger partial charge in [0.05, 0.1) is 13.2 Å². The van der Waals surface area contributed by atoms with Crippen molar-refractivity contribution in [3.05, 3.63) is 65.2 Å². The Morgan fingerprint density at radius 1 is 1.13 bits per heavy atom. The first-order chi connectivity index (χ1) is 18.7. The minimum Gasteiger partial charge on any atom is -0.410 e. The molecule has 0 bridgehead atoms. The predicted octanol–water partition coefficient (Wildman–Crippen LogP) is 5.02. The molecule has 3 atom stereocenters. The maximum atomic E-state index is 13.8. The van der Waals surface area contributed by atoms with Gasteiger partial charge in [-0.2, -0.15) is 13.2 Å². The molecule has 1 saturated heterocycles. The number of alkyl halides is 3. The van der Waals surface area contributed by atoms with E-state index in [4.69, 9.17) is 9.47 Å². The number of morpholine rings is 1. The maximum absolute atomic E-state index is 13.8. The van der Waals surface area contributed by atoms with Gasteiger partial charge in [-0.05, 0) is 86.2 Å². The van der Waals surface area contributed by atoms with Crippen molar-refractivity contribution < 1.29 is 32.5 Å². The van der Waals surface area contributed by atoms with E-state index in [-0.39, 0.29) is 25.2 Å². The first kappa shape index (κ1) is 27.9. The lowest BCUT2D eigenvalue weighted by molar-refractivity contribution is -0.279. The van der Waals surface area contributed by atoms with Crippen LogP contribution in [0.3, 0.4) is 0 Å². The van der Waals surface area contributed by atoms with Gasteiger partial charge in [-0.1, -0.05) is 36.4 Å². The fourth-order valence-corrected chi connectivity index (χ4v) is 6.73. The smallest absolute Gasteiger partial charge is 0.410 e. The molecule has 0 radical (unpaired) electrons. The van der Waals surface area contributed by atoms with Crippen molar-refractivity contribution in [3.8, 4) is 5.75 Å². The van der Waals surface area contributed by atoms with E-state index in [1.165, 1.54) is 0 Å². The zero-order valence-electron chi connectivity index (χ0n) is 22.1. The second-order valence-electron chi connectivity index (χ2n) is 11.2. The summed E-state index contributed by atoms with van der Waals surface area (Å²) in [5.74, 6) is 0.113. The normalized spacial score (nSPS) is 27.3. The van der Waals surface area contributed by atoms with Crippen LogP contribution in [0.4, 0.5) is 18.0 Å². The van der Waals surface area contributed by atoms with E-state index in [9.17, 15) is 23.1 Å².